The minimum Gasteiger partial charge on any atom is -0.381 e. The molecule has 7 nitrogen and oxygen atoms in total. The Morgan fingerprint density at radius 2 is 2.30 bits per heavy atom. The van der Waals surface area contributed by atoms with Gasteiger partial charge in [-0.3, -0.25) is 5.10 Å². The predicted molar refractivity (Wildman–Crippen MR) is 74.6 cm³/mol. The maximum Gasteiger partial charge on any atom is 0.246 e. The number of hydrogen-bond donors (Lipinski definition) is 2. The summed E-state index contributed by atoms with van der Waals surface area (Å²) in [6, 6.07) is 0. The van der Waals surface area contributed by atoms with Gasteiger partial charge in [0.25, 0.3) is 0 Å². The topological polar surface area (TPSA) is 101 Å². The second-order valence-corrected chi connectivity index (χ2v) is 7.18. The molecular formula is C12H22N4O3S. The predicted octanol–water partition coefficient (Wildman–Crippen LogP) is 0.224. The Balaban J connectivity index is 2.18. The van der Waals surface area contributed by atoms with Gasteiger partial charge in [-0.2, -0.15) is 5.10 Å². The molecule has 1 unspecified atom stereocenters. The summed E-state index contributed by atoms with van der Waals surface area (Å²) in [5, 5.41) is 6.64. The maximum absolute atomic E-state index is 12.6. The fraction of sp³-hybridized carbons (Fsp3) is 0.750. The van der Waals surface area contributed by atoms with Crippen LogP contribution in [-0.2, 0) is 21.3 Å². The lowest BCUT2D eigenvalue weighted by Gasteiger charge is -2.26. The highest BCUT2D eigenvalue weighted by molar-refractivity contribution is 7.89. The number of nitrogens with zero attached hydrogens (tertiary/aromatic N) is 2. The van der Waals surface area contributed by atoms with Crippen molar-refractivity contribution in [3.05, 3.63) is 11.4 Å². The molecule has 0 saturated carbocycles. The first-order valence-electron chi connectivity index (χ1n) is 6.74. The summed E-state index contributed by atoms with van der Waals surface area (Å²) in [5.41, 5.74) is 6.47. The smallest absolute Gasteiger partial charge is 0.246 e. The molecule has 8 heteroatoms. The molecule has 1 aromatic rings. The summed E-state index contributed by atoms with van der Waals surface area (Å²) in [7, 11) is -1.97. The van der Waals surface area contributed by atoms with Gasteiger partial charge in [-0.1, -0.05) is 0 Å². The van der Waals surface area contributed by atoms with Crippen molar-refractivity contribution >= 4 is 10.0 Å². The van der Waals surface area contributed by atoms with E-state index in [1.807, 2.05) is 0 Å². The summed E-state index contributed by atoms with van der Waals surface area (Å²) < 4.78 is 32.0. The van der Waals surface area contributed by atoms with Gasteiger partial charge in [0.15, 0.2) is 0 Å². The lowest BCUT2D eigenvalue weighted by molar-refractivity contribution is 0.0495. The molecule has 0 bridgehead atoms. The van der Waals surface area contributed by atoms with E-state index in [1.54, 1.807) is 14.0 Å². The summed E-state index contributed by atoms with van der Waals surface area (Å²) in [5.74, 6) is 0.247. The third-order valence-corrected chi connectivity index (χ3v) is 5.62. The molecular weight excluding hydrogens is 280 g/mol. The summed E-state index contributed by atoms with van der Waals surface area (Å²) in [6.45, 7) is 3.63. The van der Waals surface area contributed by atoms with Crippen LogP contribution in [0, 0.1) is 12.8 Å². The molecule has 1 atom stereocenters. The van der Waals surface area contributed by atoms with E-state index < -0.39 is 10.0 Å². The van der Waals surface area contributed by atoms with Crippen LogP contribution in [0.15, 0.2) is 4.90 Å². The van der Waals surface area contributed by atoms with Gasteiger partial charge in [0.1, 0.15) is 4.90 Å². The minimum absolute atomic E-state index is 0.0965. The molecule has 0 radical (unpaired) electrons. The third-order valence-electron chi connectivity index (χ3n) is 3.59. The Bertz CT molecular complexity index is 549. The standard InChI is InChI=1S/C12H22N4O3S/c1-9-12(11(6-13)15-14-9)20(17,18)16(2)7-10-4-3-5-19-8-10/h10H,3-8,13H2,1-2H3,(H,14,15). The van der Waals surface area contributed by atoms with Crippen LogP contribution in [0.5, 0.6) is 0 Å². The molecule has 0 spiro atoms. The van der Waals surface area contributed by atoms with E-state index in [0.717, 1.165) is 19.4 Å². The highest BCUT2D eigenvalue weighted by atomic mass is 32.2. The summed E-state index contributed by atoms with van der Waals surface area (Å²) >= 11 is 0. The second-order valence-electron chi connectivity index (χ2n) is 5.20. The number of ether oxygens (including phenoxy) is 1. The average molecular weight is 302 g/mol. The van der Waals surface area contributed by atoms with E-state index in [2.05, 4.69) is 10.2 Å². The van der Waals surface area contributed by atoms with Crippen molar-refractivity contribution in [1.82, 2.24) is 14.5 Å². The van der Waals surface area contributed by atoms with Gasteiger partial charge in [0, 0.05) is 26.7 Å². The van der Waals surface area contributed by atoms with Crippen LogP contribution in [0.1, 0.15) is 24.2 Å². The van der Waals surface area contributed by atoms with Gasteiger partial charge in [0.2, 0.25) is 10.0 Å². The number of aromatic amines is 1. The van der Waals surface area contributed by atoms with E-state index in [-0.39, 0.29) is 17.4 Å². The zero-order valence-corrected chi connectivity index (χ0v) is 12.7. The van der Waals surface area contributed by atoms with Crippen LogP contribution in [0.25, 0.3) is 0 Å². The van der Waals surface area contributed by atoms with Crippen molar-refractivity contribution in [1.29, 1.82) is 0 Å². The average Bonchev–Trinajstić information content (AvgIpc) is 2.81. The van der Waals surface area contributed by atoms with Crippen molar-refractivity contribution in [2.24, 2.45) is 11.7 Å². The monoisotopic (exact) mass is 302 g/mol. The van der Waals surface area contributed by atoms with Crippen molar-refractivity contribution < 1.29 is 13.2 Å². The lowest BCUT2D eigenvalue weighted by atomic mass is 10.0. The highest BCUT2D eigenvalue weighted by Crippen LogP contribution is 2.23. The van der Waals surface area contributed by atoms with E-state index in [0.29, 0.717) is 24.5 Å². The Hall–Kier alpha value is -0.960. The van der Waals surface area contributed by atoms with Crippen LogP contribution < -0.4 is 5.73 Å². The normalized spacial score (nSPS) is 20.5. The van der Waals surface area contributed by atoms with Crippen molar-refractivity contribution in [2.75, 3.05) is 26.8 Å². The number of sulfonamides is 1. The third kappa shape index (κ3) is 3.03. The first kappa shape index (κ1) is 15.4. The van der Waals surface area contributed by atoms with E-state index in [1.165, 1.54) is 4.31 Å². The van der Waals surface area contributed by atoms with Gasteiger partial charge >= 0.3 is 0 Å². The van der Waals surface area contributed by atoms with Crippen molar-refractivity contribution in [3.8, 4) is 0 Å². The van der Waals surface area contributed by atoms with Crippen molar-refractivity contribution in [3.63, 3.8) is 0 Å². The van der Waals surface area contributed by atoms with Crippen molar-refractivity contribution in [2.45, 2.75) is 31.2 Å². The molecule has 0 aliphatic carbocycles. The Morgan fingerprint density at radius 3 is 2.90 bits per heavy atom. The largest absolute Gasteiger partial charge is 0.381 e. The van der Waals surface area contributed by atoms with Gasteiger partial charge in [0.05, 0.1) is 18.0 Å². The van der Waals surface area contributed by atoms with Crippen LogP contribution in [-0.4, -0.2) is 49.7 Å². The Labute approximate surface area is 119 Å². The molecule has 1 fully saturated rings. The molecule has 1 aliphatic heterocycles. The van der Waals surface area contributed by atoms with E-state index in [9.17, 15) is 8.42 Å². The summed E-state index contributed by atoms with van der Waals surface area (Å²) in [4.78, 5) is 0.208. The first-order valence-corrected chi connectivity index (χ1v) is 8.18. The Kier molecular flexibility index (Phi) is 4.79. The number of nitrogens with two attached hydrogens (primary N) is 1. The molecule has 1 aromatic heterocycles. The Morgan fingerprint density at radius 1 is 1.55 bits per heavy atom. The maximum atomic E-state index is 12.6. The van der Waals surface area contributed by atoms with Gasteiger partial charge < -0.3 is 10.5 Å². The molecule has 1 aliphatic rings. The number of aryl methyl sites for hydroxylation is 1. The second kappa shape index (κ2) is 6.21. The molecule has 2 heterocycles. The zero-order chi connectivity index (χ0) is 14.8. The summed E-state index contributed by atoms with van der Waals surface area (Å²) in [6.07, 6.45) is 1.98. The van der Waals surface area contributed by atoms with E-state index in [4.69, 9.17) is 10.5 Å². The first-order chi connectivity index (χ1) is 9.46. The number of aromatic nitrogens is 2. The molecule has 2 rings (SSSR count). The lowest BCUT2D eigenvalue weighted by Crippen LogP contribution is -2.35. The molecule has 1 saturated heterocycles. The van der Waals surface area contributed by atoms with E-state index >= 15 is 0 Å². The molecule has 0 aromatic carbocycles. The molecule has 20 heavy (non-hydrogen) atoms. The number of nitrogens with one attached hydrogen (secondary N) is 1. The highest BCUT2D eigenvalue weighted by Gasteiger charge is 2.30. The number of hydrogen-bond acceptors (Lipinski definition) is 5. The molecule has 3 N–H and O–H groups in total. The van der Waals surface area contributed by atoms with Gasteiger partial charge in [-0.05, 0) is 25.7 Å². The number of H-pyrrole nitrogens is 1. The minimum atomic E-state index is -3.56. The zero-order valence-electron chi connectivity index (χ0n) is 11.9. The van der Waals surface area contributed by atoms with Crippen LogP contribution in [0.4, 0.5) is 0 Å². The quantitative estimate of drug-likeness (QED) is 0.810. The SMILES string of the molecule is Cc1[nH]nc(CN)c1S(=O)(=O)N(C)CC1CCCOC1. The van der Waals surface area contributed by atoms with Gasteiger partial charge in [-0.25, -0.2) is 12.7 Å². The van der Waals surface area contributed by atoms with Gasteiger partial charge in [-0.15, -0.1) is 0 Å². The molecule has 0 amide bonds. The van der Waals surface area contributed by atoms with Crippen LogP contribution >= 0.6 is 0 Å². The fourth-order valence-electron chi connectivity index (χ4n) is 2.52. The number of rotatable bonds is 5. The fourth-order valence-corrected chi connectivity index (χ4v) is 4.10. The molecule has 114 valence electrons. The van der Waals surface area contributed by atoms with Crippen LogP contribution in [0.2, 0.25) is 0 Å². The van der Waals surface area contributed by atoms with Crippen LogP contribution in [0.3, 0.4) is 0 Å².